The highest BCUT2D eigenvalue weighted by atomic mass is 35.5. The zero-order chi connectivity index (χ0) is 23.4. The van der Waals surface area contributed by atoms with Crippen LogP contribution in [0.3, 0.4) is 0 Å². The summed E-state index contributed by atoms with van der Waals surface area (Å²) in [7, 11) is 0. The Bertz CT molecular complexity index is 825. The molecule has 6 nitrogen and oxygen atoms in total. The van der Waals surface area contributed by atoms with E-state index in [1.165, 1.54) is 0 Å². The monoisotopic (exact) mass is 475 g/mol. The SMILES string of the molecule is CC(C)CO[C@@H]1CN(Cc2ccc(Cl)cc2)C(=O)[C@]2(CCCN(CC(=O)N3CCCC3)C2)C1. The maximum atomic E-state index is 13.9. The first kappa shape index (κ1) is 24.5. The van der Waals surface area contributed by atoms with E-state index in [-0.39, 0.29) is 17.9 Å². The summed E-state index contributed by atoms with van der Waals surface area (Å²) in [5, 5.41) is 0.698. The van der Waals surface area contributed by atoms with E-state index in [4.69, 9.17) is 16.3 Å². The fourth-order valence-corrected chi connectivity index (χ4v) is 5.73. The zero-order valence-corrected chi connectivity index (χ0v) is 20.9. The van der Waals surface area contributed by atoms with Crippen LogP contribution >= 0.6 is 11.6 Å². The lowest BCUT2D eigenvalue weighted by atomic mass is 9.72. The molecule has 0 saturated carbocycles. The molecule has 4 rings (SSSR count). The first-order valence-corrected chi connectivity index (χ1v) is 12.9. The number of ether oxygens (including phenoxy) is 1. The van der Waals surface area contributed by atoms with Gasteiger partial charge in [-0.05, 0) is 62.3 Å². The van der Waals surface area contributed by atoms with Crippen molar-refractivity contribution < 1.29 is 14.3 Å². The Labute approximate surface area is 203 Å². The van der Waals surface area contributed by atoms with Crippen molar-refractivity contribution in [1.29, 1.82) is 0 Å². The summed E-state index contributed by atoms with van der Waals surface area (Å²) in [5.74, 6) is 0.864. The second-order valence-corrected chi connectivity index (χ2v) is 11.0. The first-order chi connectivity index (χ1) is 15.8. The van der Waals surface area contributed by atoms with E-state index >= 15 is 0 Å². The van der Waals surface area contributed by atoms with Gasteiger partial charge in [0, 0.05) is 44.4 Å². The standard InChI is InChI=1S/C26H38ClN3O3/c1-20(2)18-33-23-14-26(25(32)30(16-23)15-21-6-8-22(27)9-7-21)10-5-11-28(19-26)17-24(31)29-12-3-4-13-29/h6-9,20,23H,3-5,10-19H2,1-2H3/t23-,26+/m0/s1. The molecule has 33 heavy (non-hydrogen) atoms. The average Bonchev–Trinajstić information content (AvgIpc) is 3.33. The van der Waals surface area contributed by atoms with Crippen LogP contribution in [0.2, 0.25) is 5.02 Å². The number of nitrogens with zero attached hydrogens (tertiary/aromatic N) is 3. The van der Waals surface area contributed by atoms with E-state index in [0.717, 1.165) is 57.3 Å². The van der Waals surface area contributed by atoms with Gasteiger partial charge in [-0.2, -0.15) is 0 Å². The molecule has 0 bridgehead atoms. The number of piperidine rings is 2. The van der Waals surface area contributed by atoms with Crippen LogP contribution < -0.4 is 0 Å². The number of carbonyl (C=O) groups is 2. The minimum absolute atomic E-state index is 0.0200. The molecule has 1 spiro atoms. The van der Waals surface area contributed by atoms with Crippen molar-refractivity contribution >= 4 is 23.4 Å². The number of rotatable bonds is 7. The predicted molar refractivity (Wildman–Crippen MR) is 130 cm³/mol. The van der Waals surface area contributed by atoms with Crippen LogP contribution in [0.15, 0.2) is 24.3 Å². The quantitative estimate of drug-likeness (QED) is 0.601. The van der Waals surface area contributed by atoms with Gasteiger partial charge >= 0.3 is 0 Å². The lowest BCUT2D eigenvalue weighted by Crippen LogP contribution is -2.60. The highest BCUT2D eigenvalue weighted by Gasteiger charge is 2.50. The smallest absolute Gasteiger partial charge is 0.236 e. The van der Waals surface area contributed by atoms with Crippen LogP contribution in [-0.2, 0) is 20.9 Å². The normalized spacial score (nSPS) is 26.5. The van der Waals surface area contributed by atoms with Gasteiger partial charge in [0.25, 0.3) is 0 Å². The van der Waals surface area contributed by atoms with Gasteiger partial charge in [0.1, 0.15) is 0 Å². The third-order valence-electron chi connectivity index (χ3n) is 7.21. The van der Waals surface area contributed by atoms with E-state index in [1.54, 1.807) is 0 Å². The molecule has 3 saturated heterocycles. The second kappa shape index (κ2) is 10.7. The van der Waals surface area contributed by atoms with Crippen LogP contribution in [0.5, 0.6) is 0 Å². The van der Waals surface area contributed by atoms with Crippen LogP contribution in [-0.4, -0.2) is 78.5 Å². The molecule has 7 heteroatoms. The van der Waals surface area contributed by atoms with Gasteiger partial charge in [-0.1, -0.05) is 37.6 Å². The lowest BCUT2D eigenvalue weighted by Gasteiger charge is -2.49. The molecule has 0 aliphatic carbocycles. The Morgan fingerprint density at radius 2 is 1.88 bits per heavy atom. The maximum absolute atomic E-state index is 13.9. The summed E-state index contributed by atoms with van der Waals surface area (Å²) >= 11 is 6.06. The number of hydrogen-bond donors (Lipinski definition) is 0. The Kier molecular flexibility index (Phi) is 7.98. The van der Waals surface area contributed by atoms with E-state index in [0.29, 0.717) is 43.7 Å². The Morgan fingerprint density at radius 3 is 2.58 bits per heavy atom. The average molecular weight is 476 g/mol. The summed E-state index contributed by atoms with van der Waals surface area (Å²) in [6.45, 7) is 9.86. The Hall–Kier alpha value is -1.63. The summed E-state index contributed by atoms with van der Waals surface area (Å²) in [4.78, 5) is 32.8. The number of halogens is 1. The van der Waals surface area contributed by atoms with Gasteiger partial charge in [0.05, 0.1) is 18.1 Å². The summed E-state index contributed by atoms with van der Waals surface area (Å²) in [5.41, 5.74) is 0.597. The van der Waals surface area contributed by atoms with Crippen LogP contribution in [0, 0.1) is 11.3 Å². The van der Waals surface area contributed by atoms with Crippen LogP contribution in [0.4, 0.5) is 0 Å². The van der Waals surface area contributed by atoms with E-state index < -0.39 is 5.41 Å². The van der Waals surface area contributed by atoms with Gasteiger partial charge in [0.2, 0.25) is 11.8 Å². The second-order valence-electron chi connectivity index (χ2n) is 10.5. The molecule has 0 N–H and O–H groups in total. The molecule has 182 valence electrons. The van der Waals surface area contributed by atoms with Gasteiger partial charge in [-0.15, -0.1) is 0 Å². The molecule has 0 unspecified atom stereocenters. The van der Waals surface area contributed by atoms with E-state index in [2.05, 4.69) is 18.7 Å². The highest BCUT2D eigenvalue weighted by molar-refractivity contribution is 6.30. The zero-order valence-electron chi connectivity index (χ0n) is 20.1. The fraction of sp³-hybridized carbons (Fsp3) is 0.692. The van der Waals surface area contributed by atoms with Crippen LogP contribution in [0.1, 0.15) is 51.5 Å². The summed E-state index contributed by atoms with van der Waals surface area (Å²) < 4.78 is 6.30. The molecule has 2 atom stereocenters. The minimum atomic E-state index is -0.476. The maximum Gasteiger partial charge on any atom is 0.236 e. The Morgan fingerprint density at radius 1 is 1.15 bits per heavy atom. The molecular weight excluding hydrogens is 438 g/mol. The van der Waals surface area contributed by atoms with Gasteiger partial charge < -0.3 is 14.5 Å². The topological polar surface area (TPSA) is 53.1 Å². The molecular formula is C26H38ClN3O3. The number of carbonyl (C=O) groups excluding carboxylic acids is 2. The first-order valence-electron chi connectivity index (χ1n) is 12.5. The van der Waals surface area contributed by atoms with Crippen molar-refractivity contribution in [3.8, 4) is 0 Å². The number of benzene rings is 1. The number of amides is 2. The Balaban J connectivity index is 1.49. The molecule has 3 heterocycles. The van der Waals surface area contributed by atoms with E-state index in [1.807, 2.05) is 34.1 Å². The molecule has 0 aromatic heterocycles. The third kappa shape index (κ3) is 6.09. The van der Waals surface area contributed by atoms with Gasteiger partial charge in [-0.25, -0.2) is 0 Å². The lowest BCUT2D eigenvalue weighted by molar-refractivity contribution is -0.162. The highest BCUT2D eigenvalue weighted by Crippen LogP contribution is 2.41. The molecule has 2 amide bonds. The molecule has 0 radical (unpaired) electrons. The fourth-order valence-electron chi connectivity index (χ4n) is 5.60. The molecule has 3 fully saturated rings. The van der Waals surface area contributed by atoms with Crippen LogP contribution in [0.25, 0.3) is 0 Å². The van der Waals surface area contributed by atoms with Gasteiger partial charge in [0.15, 0.2) is 0 Å². The molecule has 1 aromatic rings. The van der Waals surface area contributed by atoms with Crippen molar-refractivity contribution in [2.75, 3.05) is 45.9 Å². The summed E-state index contributed by atoms with van der Waals surface area (Å²) in [6.07, 6.45) is 4.76. The van der Waals surface area contributed by atoms with E-state index in [9.17, 15) is 9.59 Å². The van der Waals surface area contributed by atoms with Gasteiger partial charge in [-0.3, -0.25) is 14.5 Å². The summed E-state index contributed by atoms with van der Waals surface area (Å²) in [6, 6.07) is 7.73. The number of likely N-dealkylation sites (tertiary alicyclic amines) is 3. The molecule has 3 aliphatic heterocycles. The predicted octanol–water partition coefficient (Wildman–Crippen LogP) is 3.82. The largest absolute Gasteiger partial charge is 0.376 e. The molecule has 3 aliphatic rings. The van der Waals surface area contributed by atoms with Crippen molar-refractivity contribution in [3.63, 3.8) is 0 Å². The van der Waals surface area contributed by atoms with Crippen molar-refractivity contribution in [2.24, 2.45) is 11.3 Å². The minimum Gasteiger partial charge on any atom is -0.376 e. The number of hydrogen-bond acceptors (Lipinski definition) is 4. The van der Waals surface area contributed by atoms with Crippen molar-refractivity contribution in [1.82, 2.24) is 14.7 Å². The third-order valence-corrected chi connectivity index (χ3v) is 7.46. The van der Waals surface area contributed by atoms with Crippen molar-refractivity contribution in [2.45, 2.75) is 58.6 Å². The van der Waals surface area contributed by atoms with Crippen molar-refractivity contribution in [3.05, 3.63) is 34.9 Å². The molecule has 1 aromatic carbocycles.